The lowest BCUT2D eigenvalue weighted by Gasteiger charge is -2.11. The summed E-state index contributed by atoms with van der Waals surface area (Å²) in [5, 5.41) is 2.81. The van der Waals surface area contributed by atoms with E-state index < -0.39 is 12.6 Å². The summed E-state index contributed by atoms with van der Waals surface area (Å²) in [5.74, 6) is -0.0851. The van der Waals surface area contributed by atoms with E-state index in [1.807, 2.05) is 6.92 Å². The van der Waals surface area contributed by atoms with Crippen LogP contribution in [0.5, 0.6) is 11.5 Å². The molecule has 0 aliphatic rings. The van der Waals surface area contributed by atoms with Crippen molar-refractivity contribution in [1.82, 2.24) is 0 Å². The zero-order valence-electron chi connectivity index (χ0n) is 18.2. The highest BCUT2D eigenvalue weighted by molar-refractivity contribution is 6.00. The number of rotatable bonds is 12. The third-order valence-corrected chi connectivity index (χ3v) is 4.53. The molecule has 7 nitrogen and oxygen atoms in total. The maximum absolute atomic E-state index is 12.3. The summed E-state index contributed by atoms with van der Waals surface area (Å²) in [5.41, 5.74) is 1.27. The van der Waals surface area contributed by atoms with Gasteiger partial charge in [0.15, 0.2) is 23.9 Å². The molecular weight excluding hydrogens is 398 g/mol. The molecular formula is C24H29NO6. The molecule has 0 saturated heterocycles. The fourth-order valence-electron chi connectivity index (χ4n) is 2.87. The molecule has 31 heavy (non-hydrogen) atoms. The zero-order valence-corrected chi connectivity index (χ0v) is 18.2. The molecule has 0 aliphatic heterocycles. The summed E-state index contributed by atoms with van der Waals surface area (Å²) in [7, 11) is 1.51. The van der Waals surface area contributed by atoms with Crippen molar-refractivity contribution >= 4 is 23.3 Å². The van der Waals surface area contributed by atoms with E-state index in [0.717, 1.165) is 19.3 Å². The Hall–Kier alpha value is -3.35. The Morgan fingerprint density at radius 3 is 2.26 bits per heavy atom. The summed E-state index contributed by atoms with van der Waals surface area (Å²) in [6.45, 7) is 3.94. The molecule has 0 fully saturated rings. The van der Waals surface area contributed by atoms with E-state index in [0.29, 0.717) is 35.8 Å². The predicted molar refractivity (Wildman–Crippen MR) is 118 cm³/mol. The van der Waals surface area contributed by atoms with Crippen molar-refractivity contribution in [2.24, 2.45) is 0 Å². The van der Waals surface area contributed by atoms with Gasteiger partial charge in [0.2, 0.25) is 5.91 Å². The second-order valence-corrected chi connectivity index (χ2v) is 6.88. The summed E-state index contributed by atoms with van der Waals surface area (Å²) >= 11 is 0. The maximum atomic E-state index is 12.3. The SMILES string of the molecule is CCCCCC(=O)Nc1ccc(C(=O)COC(=O)c2ccc(OC)c(OCC)c2)cc1. The minimum absolute atomic E-state index is 0.0487. The average molecular weight is 427 g/mol. The second-order valence-electron chi connectivity index (χ2n) is 6.88. The van der Waals surface area contributed by atoms with Crippen LogP contribution in [0.2, 0.25) is 0 Å². The number of hydrogen-bond donors (Lipinski definition) is 1. The molecule has 166 valence electrons. The minimum Gasteiger partial charge on any atom is -0.493 e. The number of carbonyl (C=O) groups is 3. The average Bonchev–Trinajstić information content (AvgIpc) is 2.78. The van der Waals surface area contributed by atoms with Gasteiger partial charge in [0.05, 0.1) is 19.3 Å². The van der Waals surface area contributed by atoms with Gasteiger partial charge in [-0.05, 0) is 55.8 Å². The maximum Gasteiger partial charge on any atom is 0.338 e. The molecule has 2 rings (SSSR count). The van der Waals surface area contributed by atoms with Gasteiger partial charge in [0.25, 0.3) is 0 Å². The number of esters is 1. The zero-order chi connectivity index (χ0) is 22.6. The van der Waals surface area contributed by atoms with Crippen LogP contribution < -0.4 is 14.8 Å². The van der Waals surface area contributed by atoms with Crippen molar-refractivity contribution in [3.05, 3.63) is 53.6 Å². The van der Waals surface area contributed by atoms with Crippen LogP contribution in [-0.2, 0) is 9.53 Å². The van der Waals surface area contributed by atoms with Crippen LogP contribution in [0.4, 0.5) is 5.69 Å². The number of hydrogen-bond acceptors (Lipinski definition) is 6. The predicted octanol–water partition coefficient (Wildman–Crippen LogP) is 4.65. The van der Waals surface area contributed by atoms with Gasteiger partial charge in [-0.3, -0.25) is 9.59 Å². The third kappa shape index (κ3) is 7.44. The molecule has 0 radical (unpaired) electrons. The highest BCUT2D eigenvalue weighted by atomic mass is 16.5. The fraction of sp³-hybridized carbons (Fsp3) is 0.375. The normalized spacial score (nSPS) is 10.3. The van der Waals surface area contributed by atoms with Crippen LogP contribution in [0.1, 0.15) is 60.2 Å². The summed E-state index contributed by atoms with van der Waals surface area (Å²) < 4.78 is 15.8. The van der Waals surface area contributed by atoms with E-state index in [4.69, 9.17) is 14.2 Å². The van der Waals surface area contributed by atoms with E-state index in [2.05, 4.69) is 12.2 Å². The molecule has 7 heteroatoms. The van der Waals surface area contributed by atoms with Gasteiger partial charge < -0.3 is 19.5 Å². The van der Waals surface area contributed by atoms with Crippen molar-refractivity contribution in [3.63, 3.8) is 0 Å². The number of benzene rings is 2. The molecule has 2 aromatic rings. The van der Waals surface area contributed by atoms with Gasteiger partial charge in [0, 0.05) is 17.7 Å². The number of unbranched alkanes of at least 4 members (excludes halogenated alkanes) is 2. The van der Waals surface area contributed by atoms with Gasteiger partial charge in [-0.15, -0.1) is 0 Å². The number of anilines is 1. The van der Waals surface area contributed by atoms with Gasteiger partial charge in [-0.1, -0.05) is 19.8 Å². The molecule has 1 amide bonds. The highest BCUT2D eigenvalue weighted by Crippen LogP contribution is 2.28. The van der Waals surface area contributed by atoms with Gasteiger partial charge >= 0.3 is 5.97 Å². The van der Waals surface area contributed by atoms with E-state index in [9.17, 15) is 14.4 Å². The Morgan fingerprint density at radius 2 is 1.61 bits per heavy atom. The van der Waals surface area contributed by atoms with Gasteiger partial charge in [-0.25, -0.2) is 4.79 Å². The molecule has 2 aromatic carbocycles. The molecule has 0 aliphatic carbocycles. The van der Waals surface area contributed by atoms with Crippen LogP contribution in [0.25, 0.3) is 0 Å². The Balaban J connectivity index is 1.90. The van der Waals surface area contributed by atoms with E-state index in [1.54, 1.807) is 36.4 Å². The Kier molecular flexibility index (Phi) is 9.55. The van der Waals surface area contributed by atoms with Crippen LogP contribution in [-0.4, -0.2) is 38.0 Å². The van der Waals surface area contributed by atoms with Crippen LogP contribution in [0.3, 0.4) is 0 Å². The number of ether oxygens (including phenoxy) is 3. The molecule has 0 aromatic heterocycles. The van der Waals surface area contributed by atoms with Crippen molar-refractivity contribution in [2.75, 3.05) is 25.6 Å². The van der Waals surface area contributed by atoms with E-state index >= 15 is 0 Å². The molecule has 0 unspecified atom stereocenters. The largest absolute Gasteiger partial charge is 0.493 e. The molecule has 0 bridgehead atoms. The highest BCUT2D eigenvalue weighted by Gasteiger charge is 2.15. The third-order valence-electron chi connectivity index (χ3n) is 4.53. The quantitative estimate of drug-likeness (QED) is 0.301. The lowest BCUT2D eigenvalue weighted by Crippen LogP contribution is -2.15. The van der Waals surface area contributed by atoms with E-state index in [-0.39, 0.29) is 17.3 Å². The first-order valence-electron chi connectivity index (χ1n) is 10.4. The number of nitrogens with one attached hydrogen (secondary N) is 1. The Bertz CT molecular complexity index is 891. The number of methoxy groups -OCH3 is 1. The number of ketones is 1. The van der Waals surface area contributed by atoms with Crippen LogP contribution in [0.15, 0.2) is 42.5 Å². The second kappa shape index (κ2) is 12.4. The molecule has 0 heterocycles. The first-order chi connectivity index (χ1) is 15.0. The Morgan fingerprint density at radius 1 is 0.903 bits per heavy atom. The smallest absolute Gasteiger partial charge is 0.338 e. The standard InChI is InChI=1S/C24H29NO6/c1-4-6-7-8-23(27)25-19-12-9-17(10-13-19)20(26)16-31-24(28)18-11-14-21(29-3)22(15-18)30-5-2/h9-15H,4-8,16H2,1-3H3,(H,25,27). The first-order valence-corrected chi connectivity index (χ1v) is 10.4. The molecule has 0 spiro atoms. The molecule has 0 atom stereocenters. The Labute approximate surface area is 182 Å². The number of amides is 1. The summed E-state index contributed by atoms with van der Waals surface area (Å²) in [6, 6.07) is 11.2. The number of Topliss-reactive ketones (excluding diaryl/α,β-unsaturated/α-hetero) is 1. The topological polar surface area (TPSA) is 90.9 Å². The minimum atomic E-state index is -0.632. The van der Waals surface area contributed by atoms with Gasteiger partial charge in [-0.2, -0.15) is 0 Å². The van der Waals surface area contributed by atoms with Crippen LogP contribution >= 0.6 is 0 Å². The first kappa shape index (κ1) is 23.9. The van der Waals surface area contributed by atoms with Crippen molar-refractivity contribution in [3.8, 4) is 11.5 Å². The van der Waals surface area contributed by atoms with E-state index in [1.165, 1.54) is 13.2 Å². The summed E-state index contributed by atoms with van der Waals surface area (Å²) in [6.07, 6.45) is 3.40. The monoisotopic (exact) mass is 427 g/mol. The number of carbonyl (C=O) groups excluding carboxylic acids is 3. The van der Waals surface area contributed by atoms with Crippen LogP contribution in [0, 0.1) is 0 Å². The van der Waals surface area contributed by atoms with Crippen molar-refractivity contribution < 1.29 is 28.6 Å². The lowest BCUT2D eigenvalue weighted by molar-refractivity contribution is -0.116. The van der Waals surface area contributed by atoms with Crippen molar-refractivity contribution in [1.29, 1.82) is 0 Å². The molecule has 1 N–H and O–H groups in total. The summed E-state index contributed by atoms with van der Waals surface area (Å²) in [4.78, 5) is 36.5. The lowest BCUT2D eigenvalue weighted by atomic mass is 10.1. The van der Waals surface area contributed by atoms with Gasteiger partial charge in [0.1, 0.15) is 0 Å². The van der Waals surface area contributed by atoms with Crippen molar-refractivity contribution in [2.45, 2.75) is 39.5 Å². The molecule has 0 saturated carbocycles. The fourth-order valence-corrected chi connectivity index (χ4v) is 2.87.